The summed E-state index contributed by atoms with van der Waals surface area (Å²) in [5.41, 5.74) is 1.39. The first-order valence-corrected chi connectivity index (χ1v) is 13.8. The number of anilines is 2. The van der Waals surface area contributed by atoms with Crippen molar-refractivity contribution in [3.8, 4) is 23.3 Å². The van der Waals surface area contributed by atoms with Crippen molar-refractivity contribution in [1.82, 2.24) is 19.5 Å². The maximum Gasteiger partial charge on any atom is 0.319 e. The van der Waals surface area contributed by atoms with E-state index in [1.165, 1.54) is 18.2 Å². The van der Waals surface area contributed by atoms with Crippen LogP contribution in [0.2, 0.25) is 10.0 Å². The van der Waals surface area contributed by atoms with Gasteiger partial charge in [0, 0.05) is 33.5 Å². The number of nitrogens with zero attached hydrogens (tertiary/aromatic N) is 5. The lowest BCUT2D eigenvalue weighted by molar-refractivity contribution is -0.119. The molecule has 216 valence electrons. The summed E-state index contributed by atoms with van der Waals surface area (Å²) in [5, 5.41) is 3.77. The Balaban J connectivity index is 1.67. The summed E-state index contributed by atoms with van der Waals surface area (Å²) < 4.78 is 25.2. The highest BCUT2D eigenvalue weighted by Crippen LogP contribution is 2.55. The molecule has 2 amide bonds. The van der Waals surface area contributed by atoms with E-state index in [0.29, 0.717) is 44.1 Å². The van der Waals surface area contributed by atoms with Gasteiger partial charge >= 0.3 is 6.01 Å². The summed E-state index contributed by atoms with van der Waals surface area (Å²) in [6.07, 6.45) is 1.44. The Hall–Kier alpha value is -4.22. The van der Waals surface area contributed by atoms with Crippen molar-refractivity contribution in [3.05, 3.63) is 75.2 Å². The molecule has 6 rings (SSSR count). The number of hydrogen-bond donors (Lipinski definition) is 1. The molecule has 42 heavy (non-hydrogen) atoms. The fourth-order valence-electron chi connectivity index (χ4n) is 5.68. The van der Waals surface area contributed by atoms with Gasteiger partial charge in [0.1, 0.15) is 19.1 Å². The molecule has 0 saturated heterocycles. The molecule has 2 aromatic carbocycles. The maximum absolute atomic E-state index is 14.5. The number of nitrogens with one attached hydrogen (secondary N) is 1. The molecule has 0 saturated carbocycles. The smallest absolute Gasteiger partial charge is 0.319 e. The molecule has 0 fully saturated rings. The Labute approximate surface area is 250 Å². The number of alkyl halides is 1. The van der Waals surface area contributed by atoms with Crippen LogP contribution in [0.4, 0.5) is 15.8 Å². The van der Waals surface area contributed by atoms with Gasteiger partial charge in [-0.3, -0.25) is 14.5 Å². The number of fused-ring (bicyclic) bond motifs is 4. The van der Waals surface area contributed by atoms with Crippen LogP contribution in [0.3, 0.4) is 0 Å². The highest BCUT2D eigenvalue weighted by Gasteiger charge is 2.64. The molecule has 2 aliphatic heterocycles. The number of halogens is 3. The zero-order valence-corrected chi connectivity index (χ0v) is 24.5. The molecule has 0 bridgehead atoms. The van der Waals surface area contributed by atoms with Crippen LogP contribution in [0.1, 0.15) is 47.2 Å². The first kappa shape index (κ1) is 27.9. The van der Waals surface area contributed by atoms with E-state index in [4.69, 9.17) is 37.7 Å². The first-order chi connectivity index (χ1) is 20.1. The summed E-state index contributed by atoms with van der Waals surface area (Å²) in [4.78, 5) is 43.5. The highest BCUT2D eigenvalue weighted by atomic mass is 35.5. The van der Waals surface area contributed by atoms with Crippen molar-refractivity contribution in [2.45, 2.75) is 32.4 Å². The van der Waals surface area contributed by atoms with Crippen molar-refractivity contribution in [2.24, 2.45) is 0 Å². The minimum Gasteiger partial charge on any atom is -0.480 e. The minimum atomic E-state index is -1.64. The Morgan fingerprint density at radius 2 is 1.83 bits per heavy atom. The molecular weight excluding hydrogens is 586 g/mol. The molecule has 4 aromatic rings. The number of carbonyl (C=O) groups is 2. The van der Waals surface area contributed by atoms with Gasteiger partial charge < -0.3 is 19.4 Å². The molecule has 0 unspecified atom stereocenters. The van der Waals surface area contributed by atoms with E-state index >= 15 is 0 Å². The molecule has 1 N–H and O–H groups in total. The van der Waals surface area contributed by atoms with Crippen LogP contribution in [-0.4, -0.2) is 51.7 Å². The van der Waals surface area contributed by atoms with Gasteiger partial charge in [0.15, 0.2) is 11.2 Å². The van der Waals surface area contributed by atoms with Gasteiger partial charge in [-0.15, -0.1) is 0 Å². The lowest BCUT2D eigenvalue weighted by atomic mass is 9.86. The number of amides is 2. The van der Waals surface area contributed by atoms with Crippen LogP contribution in [-0.2, 0) is 10.3 Å². The predicted octanol–water partition coefficient (Wildman–Crippen LogP) is 5.75. The number of hydrogen-bond acceptors (Lipinski definition) is 7. The predicted molar refractivity (Wildman–Crippen MR) is 156 cm³/mol. The van der Waals surface area contributed by atoms with Crippen molar-refractivity contribution < 1.29 is 23.5 Å². The maximum atomic E-state index is 14.5. The van der Waals surface area contributed by atoms with Crippen molar-refractivity contribution in [2.75, 3.05) is 30.6 Å². The number of aryl methyl sites for hydroxylation is 1. The Kier molecular flexibility index (Phi) is 6.81. The van der Waals surface area contributed by atoms with Gasteiger partial charge in [0.2, 0.25) is 5.88 Å². The van der Waals surface area contributed by atoms with Crippen molar-refractivity contribution in [3.63, 3.8) is 0 Å². The number of methoxy groups -OCH3 is 1. The molecule has 4 heterocycles. The van der Waals surface area contributed by atoms with Gasteiger partial charge in [0.25, 0.3) is 11.8 Å². The Morgan fingerprint density at radius 1 is 1.10 bits per heavy atom. The molecular formula is C29H25Cl2FN6O4. The molecule has 2 aliphatic rings. The van der Waals surface area contributed by atoms with Crippen LogP contribution in [0.25, 0.3) is 11.4 Å². The minimum absolute atomic E-state index is 0.0698. The second-order valence-corrected chi connectivity index (χ2v) is 11.0. The van der Waals surface area contributed by atoms with Crippen LogP contribution in [0.15, 0.2) is 42.6 Å². The van der Waals surface area contributed by atoms with Crippen LogP contribution in [0.5, 0.6) is 11.9 Å². The quantitative estimate of drug-likeness (QED) is 0.283. The van der Waals surface area contributed by atoms with E-state index < -0.39 is 24.0 Å². The monoisotopic (exact) mass is 610 g/mol. The Morgan fingerprint density at radius 3 is 2.55 bits per heavy atom. The number of rotatable bonds is 7. The zero-order chi connectivity index (χ0) is 29.9. The lowest BCUT2D eigenvalue weighted by Gasteiger charge is -2.36. The Bertz CT molecular complexity index is 1780. The second-order valence-electron chi connectivity index (χ2n) is 10.1. The number of imidazole rings is 1. The second kappa shape index (κ2) is 10.2. The van der Waals surface area contributed by atoms with E-state index in [9.17, 15) is 14.0 Å². The van der Waals surface area contributed by atoms with Gasteiger partial charge in [-0.1, -0.05) is 35.3 Å². The summed E-state index contributed by atoms with van der Waals surface area (Å²) in [7, 11) is 1.42. The average Bonchev–Trinajstić information content (AvgIpc) is 3.57. The molecule has 2 aromatic heterocycles. The third-order valence-electron chi connectivity index (χ3n) is 7.35. The summed E-state index contributed by atoms with van der Waals surface area (Å²) >= 11 is 12.7. The molecule has 13 heteroatoms. The van der Waals surface area contributed by atoms with E-state index in [0.717, 1.165) is 5.56 Å². The average molecular weight is 611 g/mol. The van der Waals surface area contributed by atoms with E-state index in [-0.39, 0.29) is 30.2 Å². The molecule has 0 aliphatic carbocycles. The topological polar surface area (TPSA) is 111 Å². The third-order valence-corrected chi connectivity index (χ3v) is 7.82. The summed E-state index contributed by atoms with van der Waals surface area (Å²) in [6.45, 7) is 4.75. The number of ether oxygens (including phenoxy) is 2. The molecule has 0 radical (unpaired) electrons. The summed E-state index contributed by atoms with van der Waals surface area (Å²) in [5.74, 6) is -0.514. The zero-order valence-electron chi connectivity index (χ0n) is 23.0. The number of aromatic nitrogens is 4. The van der Waals surface area contributed by atoms with E-state index in [1.54, 1.807) is 36.4 Å². The van der Waals surface area contributed by atoms with Crippen molar-refractivity contribution in [1.29, 1.82) is 0 Å². The van der Waals surface area contributed by atoms with E-state index in [1.807, 2.05) is 25.3 Å². The van der Waals surface area contributed by atoms with Crippen LogP contribution in [0, 0.1) is 6.92 Å². The summed E-state index contributed by atoms with van der Waals surface area (Å²) in [6, 6.07) is 9.89. The number of carbonyl (C=O) groups excluding carboxylic acids is 2. The largest absolute Gasteiger partial charge is 0.480 e. The fraction of sp³-hybridized carbons (Fsp3) is 0.276. The van der Waals surface area contributed by atoms with Gasteiger partial charge in [-0.2, -0.15) is 4.98 Å². The molecule has 10 nitrogen and oxygen atoms in total. The van der Waals surface area contributed by atoms with Gasteiger partial charge in [0.05, 0.1) is 24.1 Å². The normalized spacial score (nSPS) is 17.2. The van der Waals surface area contributed by atoms with Crippen LogP contribution < -0.4 is 19.7 Å². The van der Waals surface area contributed by atoms with Crippen molar-refractivity contribution >= 4 is 46.4 Å². The first-order valence-electron chi connectivity index (χ1n) is 13.1. The fourth-order valence-corrected chi connectivity index (χ4v) is 6.02. The third kappa shape index (κ3) is 3.94. The SMILES string of the molecule is COc1nc(OCCF)ncc1-c1nc2c(n1C(C)C)[C@]1(C(=O)Nc3cc(Cl)ccc31)N(c1cc(Cl)ccc1C)C2=O. The lowest BCUT2D eigenvalue weighted by Crippen LogP contribution is -2.51. The van der Waals surface area contributed by atoms with Gasteiger partial charge in [-0.25, -0.2) is 14.4 Å². The van der Waals surface area contributed by atoms with Crippen LogP contribution >= 0.6 is 23.2 Å². The molecule has 1 atom stereocenters. The van der Waals surface area contributed by atoms with Gasteiger partial charge in [-0.05, 0) is 50.6 Å². The standard InChI is InChI=1S/C29H25Cl2FN6O4/c1-14(2)37-23-22(35-24(37)18-13-33-28(42-10-9-32)36-25(18)41-4)26(39)38(21-12-17(31)6-5-15(21)3)29(23)19-8-7-16(30)11-20(19)34-27(29)40/h5-8,11-14H,9-10H2,1-4H3,(H,34,40)/t29-/m1/s1. The molecule has 1 spiro atoms. The highest BCUT2D eigenvalue weighted by molar-refractivity contribution is 6.32. The van der Waals surface area contributed by atoms with E-state index in [2.05, 4.69) is 15.3 Å². The number of benzene rings is 2.